The number of nitrogens with one attached hydrogen (secondary N) is 2. The average molecular weight is 372 g/mol. The number of guanidine groups is 1. The number of likely N-dealkylation sites (N-methyl/N-ethyl adjacent to an activating group) is 1. The molecule has 0 saturated carbocycles. The maximum absolute atomic E-state index is 5.82. The highest BCUT2D eigenvalue weighted by molar-refractivity contribution is 5.79. The maximum atomic E-state index is 5.82. The minimum absolute atomic E-state index is 0.0435. The van der Waals surface area contributed by atoms with E-state index in [0.29, 0.717) is 12.4 Å². The van der Waals surface area contributed by atoms with Gasteiger partial charge < -0.3 is 20.0 Å². The number of aryl methyl sites for hydroxylation is 1. The molecule has 0 aliphatic carbocycles. The molecule has 0 radical (unpaired) electrons. The van der Waals surface area contributed by atoms with Crippen molar-refractivity contribution in [2.75, 3.05) is 27.7 Å². The van der Waals surface area contributed by atoms with Gasteiger partial charge in [-0.3, -0.25) is 4.99 Å². The topological polar surface area (TPSA) is 65.7 Å². The van der Waals surface area contributed by atoms with Gasteiger partial charge in [-0.05, 0) is 26.6 Å². The second kappa shape index (κ2) is 9.04. The number of nitrogens with zero attached hydrogens (tertiary/aromatic N) is 3. The molecule has 1 atom stereocenters. The fourth-order valence-electron chi connectivity index (χ4n) is 2.70. The van der Waals surface area contributed by atoms with E-state index < -0.39 is 0 Å². The Hall–Kier alpha value is -2.34. The van der Waals surface area contributed by atoms with Gasteiger partial charge in [-0.15, -0.1) is 0 Å². The number of aliphatic imine (C=N–C) groups is 1. The monoisotopic (exact) mass is 371 g/mol. The Morgan fingerprint density at radius 1 is 1.19 bits per heavy atom. The molecule has 0 spiro atoms. The van der Waals surface area contributed by atoms with Crippen LogP contribution in [0.25, 0.3) is 0 Å². The second-order valence-electron chi connectivity index (χ2n) is 8.07. The van der Waals surface area contributed by atoms with Gasteiger partial charge in [-0.25, -0.2) is 4.98 Å². The van der Waals surface area contributed by atoms with E-state index in [9.17, 15) is 0 Å². The minimum atomic E-state index is -0.0435. The van der Waals surface area contributed by atoms with Crippen LogP contribution in [0, 0.1) is 6.92 Å². The molecule has 2 aromatic rings. The van der Waals surface area contributed by atoms with Crippen molar-refractivity contribution in [3.8, 4) is 0 Å². The number of hydrogen-bond acceptors (Lipinski definition) is 4. The molecule has 0 bridgehead atoms. The molecule has 1 heterocycles. The van der Waals surface area contributed by atoms with E-state index in [-0.39, 0.29) is 11.5 Å². The van der Waals surface area contributed by atoms with E-state index in [1.54, 1.807) is 13.2 Å². The van der Waals surface area contributed by atoms with E-state index in [0.717, 1.165) is 18.3 Å². The number of oxazole rings is 1. The van der Waals surface area contributed by atoms with Crippen molar-refractivity contribution >= 4 is 5.96 Å². The maximum Gasteiger partial charge on any atom is 0.213 e. The van der Waals surface area contributed by atoms with E-state index in [1.165, 1.54) is 11.1 Å². The predicted octanol–water partition coefficient (Wildman–Crippen LogP) is 3.25. The lowest BCUT2D eigenvalue weighted by Gasteiger charge is -2.26. The van der Waals surface area contributed by atoms with Crippen molar-refractivity contribution in [3.05, 3.63) is 53.2 Å². The number of benzene rings is 1. The molecule has 2 N–H and O–H groups in total. The van der Waals surface area contributed by atoms with Gasteiger partial charge in [-0.1, -0.05) is 50.6 Å². The highest BCUT2D eigenvalue weighted by atomic mass is 16.4. The van der Waals surface area contributed by atoms with Crippen LogP contribution in [0.3, 0.4) is 0 Å². The van der Waals surface area contributed by atoms with Crippen molar-refractivity contribution in [3.63, 3.8) is 0 Å². The highest BCUT2D eigenvalue weighted by Crippen LogP contribution is 2.22. The summed E-state index contributed by atoms with van der Waals surface area (Å²) in [5.41, 5.74) is 2.50. The number of rotatable bonds is 6. The lowest BCUT2D eigenvalue weighted by atomic mass is 9.94. The molecule has 1 aromatic carbocycles. The molecule has 27 heavy (non-hydrogen) atoms. The van der Waals surface area contributed by atoms with Gasteiger partial charge in [0.1, 0.15) is 5.76 Å². The summed E-state index contributed by atoms with van der Waals surface area (Å²) in [5, 5.41) is 6.67. The van der Waals surface area contributed by atoms with Crippen LogP contribution in [0.15, 0.2) is 39.9 Å². The molecule has 148 valence electrons. The summed E-state index contributed by atoms with van der Waals surface area (Å²) in [6.45, 7) is 9.67. The van der Waals surface area contributed by atoms with Gasteiger partial charge in [0.25, 0.3) is 0 Å². The molecule has 6 nitrogen and oxygen atoms in total. The molecular weight excluding hydrogens is 338 g/mol. The van der Waals surface area contributed by atoms with Crippen LogP contribution in [0.5, 0.6) is 0 Å². The van der Waals surface area contributed by atoms with Crippen LogP contribution in [0.4, 0.5) is 0 Å². The summed E-state index contributed by atoms with van der Waals surface area (Å²) in [6.07, 6.45) is 1.80. The zero-order valence-corrected chi connectivity index (χ0v) is 17.6. The first-order valence-corrected chi connectivity index (χ1v) is 9.33. The zero-order valence-electron chi connectivity index (χ0n) is 17.6. The Balaban J connectivity index is 1.93. The van der Waals surface area contributed by atoms with Crippen LogP contribution >= 0.6 is 0 Å². The Bertz CT molecular complexity index is 741. The molecule has 0 aliphatic heterocycles. The van der Waals surface area contributed by atoms with E-state index in [1.807, 2.05) is 0 Å². The number of hydrogen-bond donors (Lipinski definition) is 2. The summed E-state index contributed by atoms with van der Waals surface area (Å²) in [7, 11) is 5.94. The fourth-order valence-corrected chi connectivity index (χ4v) is 2.70. The molecule has 0 saturated heterocycles. The molecule has 2 rings (SSSR count). The largest absolute Gasteiger partial charge is 0.443 e. The molecular formula is C21H33N5O. The summed E-state index contributed by atoms with van der Waals surface area (Å²) < 4.78 is 5.82. The quantitative estimate of drug-likeness (QED) is 0.603. The van der Waals surface area contributed by atoms with E-state index in [4.69, 9.17) is 4.42 Å². The molecule has 1 aromatic heterocycles. The Labute approximate surface area is 163 Å². The normalized spacial score (nSPS) is 13.7. The van der Waals surface area contributed by atoms with Crippen LogP contribution in [0.1, 0.15) is 49.6 Å². The number of aromatic nitrogens is 1. The first-order chi connectivity index (χ1) is 12.7. The first-order valence-electron chi connectivity index (χ1n) is 9.33. The van der Waals surface area contributed by atoms with Crippen molar-refractivity contribution in [1.29, 1.82) is 0 Å². The Kier molecular flexibility index (Phi) is 7.02. The molecule has 6 heteroatoms. The Morgan fingerprint density at radius 2 is 1.85 bits per heavy atom. The fraction of sp³-hybridized carbons (Fsp3) is 0.524. The van der Waals surface area contributed by atoms with Crippen LogP contribution < -0.4 is 10.6 Å². The molecule has 0 aliphatic rings. The van der Waals surface area contributed by atoms with Crippen molar-refractivity contribution in [1.82, 2.24) is 20.5 Å². The van der Waals surface area contributed by atoms with Crippen molar-refractivity contribution in [2.45, 2.75) is 45.7 Å². The lowest BCUT2D eigenvalue weighted by molar-refractivity contribution is 0.298. The average Bonchev–Trinajstić information content (AvgIpc) is 3.08. The van der Waals surface area contributed by atoms with Gasteiger partial charge in [0.2, 0.25) is 5.89 Å². The van der Waals surface area contributed by atoms with Crippen LogP contribution in [-0.2, 0) is 12.0 Å². The predicted molar refractivity (Wildman–Crippen MR) is 111 cm³/mol. The Morgan fingerprint density at radius 3 is 2.37 bits per heavy atom. The summed E-state index contributed by atoms with van der Waals surface area (Å²) >= 11 is 0. The SMILES string of the molecule is CN=C(NCc1ncc(C(C)(C)C)o1)NCC(c1ccc(C)cc1)N(C)C. The highest BCUT2D eigenvalue weighted by Gasteiger charge is 2.19. The summed E-state index contributed by atoms with van der Waals surface area (Å²) in [5.74, 6) is 2.27. The second-order valence-corrected chi connectivity index (χ2v) is 8.07. The van der Waals surface area contributed by atoms with E-state index >= 15 is 0 Å². The molecule has 0 fully saturated rings. The third-order valence-corrected chi connectivity index (χ3v) is 4.47. The third kappa shape index (κ3) is 6.10. The van der Waals surface area contributed by atoms with Crippen molar-refractivity contribution in [2.24, 2.45) is 4.99 Å². The van der Waals surface area contributed by atoms with Crippen molar-refractivity contribution < 1.29 is 4.42 Å². The van der Waals surface area contributed by atoms with Crippen LogP contribution in [0.2, 0.25) is 0 Å². The molecule has 1 unspecified atom stereocenters. The van der Waals surface area contributed by atoms with Crippen LogP contribution in [-0.4, -0.2) is 43.5 Å². The summed E-state index contributed by atoms with van der Waals surface area (Å²) in [6, 6.07) is 8.90. The third-order valence-electron chi connectivity index (χ3n) is 4.47. The van der Waals surface area contributed by atoms with Gasteiger partial charge in [0.15, 0.2) is 5.96 Å². The van der Waals surface area contributed by atoms with Gasteiger partial charge in [-0.2, -0.15) is 0 Å². The summed E-state index contributed by atoms with van der Waals surface area (Å²) in [4.78, 5) is 10.9. The smallest absolute Gasteiger partial charge is 0.213 e. The van der Waals surface area contributed by atoms with Gasteiger partial charge >= 0.3 is 0 Å². The van der Waals surface area contributed by atoms with Gasteiger partial charge in [0.05, 0.1) is 18.8 Å². The molecule has 0 amide bonds. The minimum Gasteiger partial charge on any atom is -0.443 e. The lowest BCUT2D eigenvalue weighted by Crippen LogP contribution is -2.41. The zero-order chi connectivity index (χ0) is 20.0. The van der Waals surface area contributed by atoms with E-state index in [2.05, 4.69) is 91.6 Å². The van der Waals surface area contributed by atoms with Gasteiger partial charge in [0, 0.05) is 19.0 Å². The standard InChI is InChI=1S/C21H33N5O/c1-15-8-10-16(11-9-15)17(26(6)7)12-24-20(22-5)25-14-19-23-13-18(27-19)21(2,3)4/h8-11,13,17H,12,14H2,1-7H3,(H2,22,24,25). The first kappa shape index (κ1) is 21.0.